The van der Waals surface area contributed by atoms with E-state index in [4.69, 9.17) is 11.6 Å². The van der Waals surface area contributed by atoms with Crippen LogP contribution in [-0.4, -0.2) is 77.3 Å². The van der Waals surface area contributed by atoms with Crippen molar-refractivity contribution in [3.63, 3.8) is 0 Å². The fourth-order valence-corrected chi connectivity index (χ4v) is 4.67. The molecule has 0 aliphatic carbocycles. The Kier molecular flexibility index (Phi) is 7.35. The smallest absolute Gasteiger partial charge is 0.0446 e. The number of nitrogens with zero attached hydrogens (tertiary/aromatic N) is 3. The maximum atomic E-state index is 9.59. The summed E-state index contributed by atoms with van der Waals surface area (Å²) in [6, 6.07) is 9.99. The lowest BCUT2D eigenvalue weighted by Gasteiger charge is -2.48. The topological polar surface area (TPSA) is 30.0 Å². The van der Waals surface area contributed by atoms with Crippen LogP contribution in [0.4, 0.5) is 0 Å². The van der Waals surface area contributed by atoms with Crippen molar-refractivity contribution in [3.8, 4) is 0 Å². The highest BCUT2D eigenvalue weighted by Crippen LogP contribution is 2.25. The van der Waals surface area contributed by atoms with Crippen molar-refractivity contribution in [2.45, 2.75) is 57.8 Å². The average molecular weight is 380 g/mol. The zero-order valence-electron chi connectivity index (χ0n) is 16.3. The van der Waals surface area contributed by atoms with Gasteiger partial charge in [0.05, 0.1) is 0 Å². The van der Waals surface area contributed by atoms with E-state index in [1.165, 1.54) is 31.5 Å². The molecule has 0 bridgehead atoms. The molecule has 3 rings (SSSR count). The van der Waals surface area contributed by atoms with Crippen LogP contribution in [0.1, 0.15) is 38.7 Å². The van der Waals surface area contributed by atoms with Crippen molar-refractivity contribution >= 4 is 11.6 Å². The van der Waals surface area contributed by atoms with E-state index in [-0.39, 0.29) is 6.61 Å². The van der Waals surface area contributed by atoms with E-state index < -0.39 is 0 Å². The van der Waals surface area contributed by atoms with E-state index in [9.17, 15) is 5.11 Å². The Morgan fingerprint density at radius 1 is 1.08 bits per heavy atom. The molecule has 0 saturated carbocycles. The van der Waals surface area contributed by atoms with Crippen molar-refractivity contribution in [1.29, 1.82) is 0 Å². The Labute approximate surface area is 163 Å². The molecule has 146 valence electrons. The molecule has 1 atom stereocenters. The first-order valence-corrected chi connectivity index (χ1v) is 10.5. The van der Waals surface area contributed by atoms with Gasteiger partial charge in [-0.3, -0.25) is 9.80 Å². The number of hydrogen-bond acceptors (Lipinski definition) is 4. The van der Waals surface area contributed by atoms with Gasteiger partial charge in [-0.1, -0.05) is 23.7 Å². The lowest BCUT2D eigenvalue weighted by Crippen LogP contribution is -2.58. The largest absolute Gasteiger partial charge is 0.396 e. The lowest BCUT2D eigenvalue weighted by atomic mass is 9.97. The number of likely N-dealkylation sites (tertiary alicyclic amines) is 1. The first-order valence-electron chi connectivity index (χ1n) is 10.1. The molecule has 0 spiro atoms. The van der Waals surface area contributed by atoms with Gasteiger partial charge in [0.25, 0.3) is 0 Å². The molecular formula is C21H34ClN3O. The Morgan fingerprint density at radius 3 is 2.38 bits per heavy atom. The van der Waals surface area contributed by atoms with Crippen LogP contribution >= 0.6 is 11.6 Å². The molecule has 2 heterocycles. The van der Waals surface area contributed by atoms with Gasteiger partial charge in [0.1, 0.15) is 0 Å². The van der Waals surface area contributed by atoms with Gasteiger partial charge in [0.15, 0.2) is 0 Å². The number of benzene rings is 1. The normalized spacial score (nSPS) is 24.4. The van der Waals surface area contributed by atoms with E-state index in [0.29, 0.717) is 18.1 Å². The molecule has 1 N–H and O–H groups in total. The zero-order valence-corrected chi connectivity index (χ0v) is 17.0. The van der Waals surface area contributed by atoms with Crippen molar-refractivity contribution in [2.75, 3.05) is 39.3 Å². The van der Waals surface area contributed by atoms with Crippen LogP contribution in [0.25, 0.3) is 0 Å². The number of hydrogen-bond donors (Lipinski definition) is 1. The first-order chi connectivity index (χ1) is 12.6. The molecule has 5 heteroatoms. The van der Waals surface area contributed by atoms with Crippen LogP contribution in [0, 0.1) is 0 Å². The summed E-state index contributed by atoms with van der Waals surface area (Å²) in [5.41, 5.74) is 1.32. The fraction of sp³-hybridized carbons (Fsp3) is 0.714. The minimum atomic E-state index is 0.279. The SMILES string of the molecule is CC(C)N1CCC(N2CCN(Cc3ccc(Cl)cc3)C[C@H]2CCO)CC1. The van der Waals surface area contributed by atoms with Crippen molar-refractivity contribution in [1.82, 2.24) is 14.7 Å². The van der Waals surface area contributed by atoms with Crippen LogP contribution < -0.4 is 0 Å². The Balaban J connectivity index is 1.57. The Morgan fingerprint density at radius 2 is 1.77 bits per heavy atom. The molecule has 0 radical (unpaired) electrons. The average Bonchev–Trinajstić information content (AvgIpc) is 2.64. The van der Waals surface area contributed by atoms with Gasteiger partial charge in [-0.05, 0) is 63.9 Å². The van der Waals surface area contributed by atoms with Gasteiger partial charge in [-0.25, -0.2) is 0 Å². The molecule has 26 heavy (non-hydrogen) atoms. The van der Waals surface area contributed by atoms with E-state index in [2.05, 4.69) is 40.7 Å². The standard InChI is InChI=1S/C21H34ClN3O/c1-17(2)24-10-7-20(8-11-24)25-13-12-23(16-21(25)9-14-26)15-18-3-5-19(22)6-4-18/h3-6,17,20-21,26H,7-16H2,1-2H3/t21-/m1/s1. The predicted octanol–water partition coefficient (Wildman–Crippen LogP) is 3.08. The number of aliphatic hydroxyl groups is 1. The third-order valence-electron chi connectivity index (χ3n) is 6.09. The second-order valence-corrected chi connectivity index (χ2v) is 8.56. The molecule has 2 aliphatic rings. The van der Waals surface area contributed by atoms with Crippen molar-refractivity contribution < 1.29 is 5.11 Å². The first kappa shape index (κ1) is 20.1. The van der Waals surface area contributed by atoms with E-state index in [1.54, 1.807) is 0 Å². The van der Waals surface area contributed by atoms with Crippen LogP contribution in [0.3, 0.4) is 0 Å². The lowest BCUT2D eigenvalue weighted by molar-refractivity contribution is -0.0000288. The van der Waals surface area contributed by atoms with Crippen LogP contribution in [0.2, 0.25) is 5.02 Å². The summed E-state index contributed by atoms with van der Waals surface area (Å²) in [7, 11) is 0. The van der Waals surface area contributed by atoms with Gasteiger partial charge in [-0.2, -0.15) is 0 Å². The van der Waals surface area contributed by atoms with Crippen molar-refractivity contribution in [3.05, 3.63) is 34.9 Å². The molecule has 2 fully saturated rings. The molecule has 2 aliphatic heterocycles. The Bertz CT molecular complexity index is 543. The highest BCUT2D eigenvalue weighted by Gasteiger charge is 2.33. The summed E-state index contributed by atoms with van der Waals surface area (Å²) < 4.78 is 0. The number of rotatable bonds is 6. The molecule has 4 nitrogen and oxygen atoms in total. The highest BCUT2D eigenvalue weighted by atomic mass is 35.5. The van der Waals surface area contributed by atoms with Crippen LogP contribution in [0.15, 0.2) is 24.3 Å². The second kappa shape index (κ2) is 9.52. The number of piperazine rings is 1. The summed E-state index contributed by atoms with van der Waals surface area (Å²) in [4.78, 5) is 7.82. The predicted molar refractivity (Wildman–Crippen MR) is 109 cm³/mol. The summed E-state index contributed by atoms with van der Waals surface area (Å²) in [6.45, 7) is 11.5. The number of halogens is 1. The number of piperidine rings is 1. The molecule has 2 saturated heterocycles. The third-order valence-corrected chi connectivity index (χ3v) is 6.34. The molecule has 0 amide bonds. The Hall–Kier alpha value is -0.650. The van der Waals surface area contributed by atoms with Gasteiger partial charge in [-0.15, -0.1) is 0 Å². The minimum absolute atomic E-state index is 0.279. The van der Waals surface area contributed by atoms with E-state index in [1.807, 2.05) is 12.1 Å². The third kappa shape index (κ3) is 5.20. The van der Waals surface area contributed by atoms with Gasteiger partial charge in [0.2, 0.25) is 0 Å². The minimum Gasteiger partial charge on any atom is -0.396 e. The molecular weight excluding hydrogens is 346 g/mol. The molecule has 0 unspecified atom stereocenters. The van der Waals surface area contributed by atoms with Gasteiger partial charge < -0.3 is 10.0 Å². The maximum Gasteiger partial charge on any atom is 0.0446 e. The summed E-state index contributed by atoms with van der Waals surface area (Å²) in [5, 5.41) is 10.4. The summed E-state index contributed by atoms with van der Waals surface area (Å²) in [5.74, 6) is 0. The van der Waals surface area contributed by atoms with Crippen LogP contribution in [0.5, 0.6) is 0 Å². The molecule has 1 aromatic rings. The molecule has 1 aromatic carbocycles. The second-order valence-electron chi connectivity index (χ2n) is 8.13. The van der Waals surface area contributed by atoms with Gasteiger partial charge >= 0.3 is 0 Å². The monoisotopic (exact) mass is 379 g/mol. The van der Waals surface area contributed by atoms with Crippen molar-refractivity contribution in [2.24, 2.45) is 0 Å². The quantitative estimate of drug-likeness (QED) is 0.822. The summed E-state index contributed by atoms with van der Waals surface area (Å²) in [6.07, 6.45) is 3.40. The zero-order chi connectivity index (χ0) is 18.5. The number of aliphatic hydroxyl groups excluding tert-OH is 1. The van der Waals surface area contributed by atoms with E-state index >= 15 is 0 Å². The fourth-order valence-electron chi connectivity index (χ4n) is 4.55. The molecule has 0 aromatic heterocycles. The maximum absolute atomic E-state index is 9.59. The summed E-state index contributed by atoms with van der Waals surface area (Å²) >= 11 is 6.00. The van der Waals surface area contributed by atoms with Crippen LogP contribution in [-0.2, 0) is 6.54 Å². The van der Waals surface area contributed by atoms with Gasteiger partial charge in [0, 0.05) is 55.9 Å². The van der Waals surface area contributed by atoms with E-state index in [0.717, 1.165) is 37.6 Å². The highest BCUT2D eigenvalue weighted by molar-refractivity contribution is 6.30.